The highest BCUT2D eigenvalue weighted by Crippen LogP contribution is 2.43. The van der Waals surface area contributed by atoms with Gasteiger partial charge in [0.1, 0.15) is 0 Å². The molecule has 5 rings (SSSR count). The van der Waals surface area contributed by atoms with Gasteiger partial charge in [-0.15, -0.1) is 0 Å². The van der Waals surface area contributed by atoms with Gasteiger partial charge in [0, 0.05) is 37.4 Å². The van der Waals surface area contributed by atoms with E-state index >= 15 is 0 Å². The van der Waals surface area contributed by atoms with E-state index in [0.29, 0.717) is 5.41 Å². The van der Waals surface area contributed by atoms with E-state index in [2.05, 4.69) is 45.9 Å². The molecule has 160 valence electrons. The summed E-state index contributed by atoms with van der Waals surface area (Å²) in [6, 6.07) is 11.2. The standard InChI is InChI=1S/C26H41N3/c1-22-5-2-3-16-29(22)21-23-8-10-25(11-9-23)28-19-14-26(15-20-28)12-17-27(18-13-26)24-6-4-7-24/h8-11,22,24H,2-7,12-21H2,1H3. The molecule has 1 saturated carbocycles. The number of hydrogen-bond acceptors (Lipinski definition) is 3. The Hall–Kier alpha value is -1.06. The van der Waals surface area contributed by atoms with Gasteiger partial charge in [-0.25, -0.2) is 0 Å². The SMILES string of the molecule is CC1CCCCN1Cc1ccc(N2CCC3(CC2)CCN(C2CCC2)CC3)cc1. The number of nitrogens with zero attached hydrogens (tertiary/aromatic N) is 3. The highest BCUT2D eigenvalue weighted by molar-refractivity contribution is 5.48. The zero-order valence-corrected chi connectivity index (χ0v) is 18.6. The summed E-state index contributed by atoms with van der Waals surface area (Å²) in [6.07, 6.45) is 14.2. The summed E-state index contributed by atoms with van der Waals surface area (Å²) in [5.74, 6) is 0. The fourth-order valence-corrected chi connectivity index (χ4v) is 6.29. The van der Waals surface area contributed by atoms with Crippen LogP contribution in [0.1, 0.15) is 76.7 Å². The fourth-order valence-electron chi connectivity index (χ4n) is 6.29. The average molecular weight is 396 g/mol. The molecule has 1 aromatic rings. The molecule has 4 fully saturated rings. The van der Waals surface area contributed by atoms with Crippen molar-refractivity contribution in [1.82, 2.24) is 9.80 Å². The first-order valence-electron chi connectivity index (χ1n) is 12.5. The van der Waals surface area contributed by atoms with Crippen LogP contribution in [0.15, 0.2) is 24.3 Å². The minimum atomic E-state index is 0.654. The highest BCUT2D eigenvalue weighted by atomic mass is 15.2. The Morgan fingerprint density at radius 3 is 2.10 bits per heavy atom. The Morgan fingerprint density at radius 2 is 1.48 bits per heavy atom. The van der Waals surface area contributed by atoms with Crippen LogP contribution >= 0.6 is 0 Å². The Morgan fingerprint density at radius 1 is 0.793 bits per heavy atom. The van der Waals surface area contributed by atoms with Crippen LogP contribution in [0.4, 0.5) is 5.69 Å². The Kier molecular flexibility index (Phi) is 5.89. The van der Waals surface area contributed by atoms with Crippen molar-refractivity contribution < 1.29 is 0 Å². The molecule has 0 N–H and O–H groups in total. The lowest BCUT2D eigenvalue weighted by atomic mass is 9.70. The van der Waals surface area contributed by atoms with Crippen LogP contribution in [0.5, 0.6) is 0 Å². The van der Waals surface area contributed by atoms with Crippen molar-refractivity contribution in [2.75, 3.05) is 37.6 Å². The average Bonchev–Trinajstić information content (AvgIpc) is 2.72. The van der Waals surface area contributed by atoms with Gasteiger partial charge in [-0.05, 0) is 101 Å². The lowest BCUT2D eigenvalue weighted by molar-refractivity contribution is 0.0306. The minimum absolute atomic E-state index is 0.654. The largest absolute Gasteiger partial charge is 0.371 e. The number of rotatable bonds is 4. The summed E-state index contributed by atoms with van der Waals surface area (Å²) < 4.78 is 0. The van der Waals surface area contributed by atoms with Crippen molar-refractivity contribution in [3.8, 4) is 0 Å². The third-order valence-corrected chi connectivity index (χ3v) is 8.90. The first-order chi connectivity index (χ1) is 14.2. The second-order valence-electron chi connectivity index (χ2n) is 10.6. The van der Waals surface area contributed by atoms with E-state index in [4.69, 9.17) is 0 Å². The molecular formula is C26H41N3. The predicted molar refractivity (Wildman–Crippen MR) is 122 cm³/mol. The molecule has 29 heavy (non-hydrogen) atoms. The van der Waals surface area contributed by atoms with Crippen LogP contribution in [0, 0.1) is 5.41 Å². The minimum Gasteiger partial charge on any atom is -0.371 e. The summed E-state index contributed by atoms with van der Waals surface area (Å²) in [4.78, 5) is 8.12. The fraction of sp³-hybridized carbons (Fsp3) is 0.769. The molecule has 3 saturated heterocycles. The summed E-state index contributed by atoms with van der Waals surface area (Å²) in [6.45, 7) is 10.0. The van der Waals surface area contributed by atoms with Gasteiger partial charge in [-0.1, -0.05) is 25.0 Å². The quantitative estimate of drug-likeness (QED) is 0.685. The van der Waals surface area contributed by atoms with Crippen molar-refractivity contribution in [3.63, 3.8) is 0 Å². The molecule has 4 aliphatic rings. The molecule has 0 radical (unpaired) electrons. The van der Waals surface area contributed by atoms with Gasteiger partial charge in [0.05, 0.1) is 0 Å². The third kappa shape index (κ3) is 4.37. The van der Waals surface area contributed by atoms with Crippen molar-refractivity contribution in [3.05, 3.63) is 29.8 Å². The molecule has 3 aliphatic heterocycles. The number of hydrogen-bond donors (Lipinski definition) is 0. The van der Waals surface area contributed by atoms with Gasteiger partial charge >= 0.3 is 0 Å². The molecule has 3 heterocycles. The molecule has 0 amide bonds. The van der Waals surface area contributed by atoms with Crippen molar-refractivity contribution in [1.29, 1.82) is 0 Å². The van der Waals surface area contributed by atoms with Crippen LogP contribution in [-0.2, 0) is 6.54 Å². The van der Waals surface area contributed by atoms with E-state index in [1.807, 2.05) is 0 Å². The molecule has 3 nitrogen and oxygen atoms in total. The predicted octanol–water partition coefficient (Wildman–Crippen LogP) is 5.30. The normalized spacial score (nSPS) is 29.1. The van der Waals surface area contributed by atoms with E-state index < -0.39 is 0 Å². The summed E-state index contributed by atoms with van der Waals surface area (Å²) in [5, 5.41) is 0. The number of benzene rings is 1. The van der Waals surface area contributed by atoms with Crippen LogP contribution in [0.25, 0.3) is 0 Å². The molecule has 0 aromatic heterocycles. The zero-order chi connectivity index (χ0) is 19.7. The zero-order valence-electron chi connectivity index (χ0n) is 18.6. The second kappa shape index (κ2) is 8.59. The van der Waals surface area contributed by atoms with Gasteiger partial charge in [-0.3, -0.25) is 4.90 Å². The summed E-state index contributed by atoms with van der Waals surface area (Å²) >= 11 is 0. The van der Waals surface area contributed by atoms with Crippen LogP contribution in [0.2, 0.25) is 0 Å². The summed E-state index contributed by atoms with van der Waals surface area (Å²) in [5.41, 5.74) is 3.59. The number of anilines is 1. The lowest BCUT2D eigenvalue weighted by Gasteiger charge is -2.50. The molecule has 1 atom stereocenters. The van der Waals surface area contributed by atoms with Gasteiger partial charge in [-0.2, -0.15) is 0 Å². The first kappa shape index (κ1) is 19.9. The molecule has 1 aliphatic carbocycles. The monoisotopic (exact) mass is 395 g/mol. The van der Waals surface area contributed by atoms with Crippen LogP contribution in [0.3, 0.4) is 0 Å². The van der Waals surface area contributed by atoms with E-state index in [1.165, 1.54) is 108 Å². The van der Waals surface area contributed by atoms with Crippen molar-refractivity contribution in [2.45, 2.75) is 89.8 Å². The lowest BCUT2D eigenvalue weighted by Crippen LogP contribution is -2.50. The van der Waals surface area contributed by atoms with E-state index in [9.17, 15) is 0 Å². The first-order valence-corrected chi connectivity index (χ1v) is 12.5. The van der Waals surface area contributed by atoms with Gasteiger partial charge in [0.2, 0.25) is 0 Å². The smallest absolute Gasteiger partial charge is 0.0366 e. The van der Waals surface area contributed by atoms with Crippen LogP contribution < -0.4 is 4.90 Å². The Balaban J connectivity index is 1.12. The van der Waals surface area contributed by atoms with Gasteiger partial charge < -0.3 is 9.80 Å². The highest BCUT2D eigenvalue weighted by Gasteiger charge is 2.39. The maximum atomic E-state index is 2.81. The molecule has 3 heteroatoms. The van der Waals surface area contributed by atoms with Crippen molar-refractivity contribution in [2.24, 2.45) is 5.41 Å². The third-order valence-electron chi connectivity index (χ3n) is 8.90. The van der Waals surface area contributed by atoms with E-state index in [1.54, 1.807) is 0 Å². The van der Waals surface area contributed by atoms with E-state index in [0.717, 1.165) is 18.6 Å². The Bertz CT molecular complexity index is 647. The molecule has 0 bridgehead atoms. The molecule has 1 aromatic carbocycles. The summed E-state index contributed by atoms with van der Waals surface area (Å²) in [7, 11) is 0. The Labute approximate surface area is 178 Å². The van der Waals surface area contributed by atoms with Gasteiger partial charge in [0.15, 0.2) is 0 Å². The molecule has 1 unspecified atom stereocenters. The maximum Gasteiger partial charge on any atom is 0.0366 e. The number of likely N-dealkylation sites (tertiary alicyclic amines) is 2. The topological polar surface area (TPSA) is 9.72 Å². The molecular weight excluding hydrogens is 354 g/mol. The number of piperidine rings is 3. The van der Waals surface area contributed by atoms with Gasteiger partial charge in [0.25, 0.3) is 0 Å². The maximum absolute atomic E-state index is 2.81. The second-order valence-corrected chi connectivity index (χ2v) is 10.6. The van der Waals surface area contributed by atoms with E-state index in [-0.39, 0.29) is 0 Å². The van der Waals surface area contributed by atoms with Crippen LogP contribution in [-0.4, -0.2) is 54.6 Å². The molecule has 1 spiro atoms. The van der Waals surface area contributed by atoms with Crippen molar-refractivity contribution >= 4 is 5.69 Å².